The van der Waals surface area contributed by atoms with Crippen LogP contribution in [0.25, 0.3) is 0 Å². The average molecular weight is 263 g/mol. The molecule has 0 bridgehead atoms. The lowest BCUT2D eigenvalue weighted by atomic mass is 9.88. The van der Waals surface area contributed by atoms with Crippen LogP contribution in [0, 0.1) is 5.41 Å². The molecule has 0 aliphatic carbocycles. The Bertz CT molecular complexity index is 486. The monoisotopic (exact) mass is 263 g/mol. The van der Waals surface area contributed by atoms with Crippen molar-refractivity contribution in [1.82, 2.24) is 0 Å². The van der Waals surface area contributed by atoms with Crippen molar-refractivity contribution < 1.29 is 9.53 Å². The second-order valence-electron chi connectivity index (χ2n) is 5.70. The number of nitrogens with zero attached hydrogens (tertiary/aromatic N) is 1. The Morgan fingerprint density at radius 2 is 2.16 bits per heavy atom. The maximum atomic E-state index is 12.1. The van der Waals surface area contributed by atoms with Crippen LogP contribution in [0.3, 0.4) is 0 Å². The van der Waals surface area contributed by atoms with Gasteiger partial charge in [0, 0.05) is 12.2 Å². The number of benzene rings is 1. The largest absolute Gasteiger partial charge is 0.482 e. The number of amides is 1. The maximum absolute atomic E-state index is 12.1. The van der Waals surface area contributed by atoms with Crippen molar-refractivity contribution in [2.45, 2.75) is 20.3 Å². The minimum absolute atomic E-state index is 0.0381. The Hall–Kier alpha value is -1.75. The lowest BCUT2D eigenvalue weighted by Crippen LogP contribution is -2.44. The van der Waals surface area contributed by atoms with E-state index in [1.807, 2.05) is 0 Å². The summed E-state index contributed by atoms with van der Waals surface area (Å²) in [6.45, 7) is 5.51. The third-order valence-electron chi connectivity index (χ3n) is 3.33. The van der Waals surface area contributed by atoms with Gasteiger partial charge in [0.15, 0.2) is 6.61 Å². The van der Waals surface area contributed by atoms with Crippen LogP contribution in [0.4, 0.5) is 11.4 Å². The molecule has 1 aromatic carbocycles. The third kappa shape index (κ3) is 2.98. The van der Waals surface area contributed by atoms with Crippen LogP contribution in [0.15, 0.2) is 18.2 Å². The van der Waals surface area contributed by atoms with Gasteiger partial charge in [0.05, 0.1) is 5.69 Å². The van der Waals surface area contributed by atoms with Gasteiger partial charge in [-0.15, -0.1) is 0 Å². The summed E-state index contributed by atoms with van der Waals surface area (Å²) in [5, 5.41) is 0. The number of anilines is 2. The molecule has 1 aliphatic rings. The van der Waals surface area contributed by atoms with E-state index >= 15 is 0 Å². The molecule has 19 heavy (non-hydrogen) atoms. The van der Waals surface area contributed by atoms with Gasteiger partial charge in [0.1, 0.15) is 5.75 Å². The Morgan fingerprint density at radius 1 is 1.42 bits per heavy atom. The molecule has 1 aromatic rings. The number of carbonyl (C=O) groups excluding carboxylic acids is 1. The lowest BCUT2D eigenvalue weighted by molar-refractivity contribution is -0.121. The van der Waals surface area contributed by atoms with E-state index in [9.17, 15) is 4.79 Å². The number of carbonyl (C=O) groups is 1. The van der Waals surface area contributed by atoms with Crippen molar-refractivity contribution in [2.75, 3.05) is 30.3 Å². The zero-order chi connectivity index (χ0) is 14.0. The molecule has 5 nitrogen and oxygen atoms in total. The zero-order valence-electron chi connectivity index (χ0n) is 11.5. The first kappa shape index (κ1) is 13.7. The Morgan fingerprint density at radius 3 is 2.84 bits per heavy atom. The molecule has 2 rings (SSSR count). The van der Waals surface area contributed by atoms with E-state index in [2.05, 4.69) is 13.8 Å². The second kappa shape index (κ2) is 5.09. The molecule has 5 heteroatoms. The number of hydrogen-bond donors (Lipinski definition) is 2. The summed E-state index contributed by atoms with van der Waals surface area (Å²) < 4.78 is 5.42. The minimum atomic E-state index is -0.0387. The van der Waals surface area contributed by atoms with Gasteiger partial charge in [0.25, 0.3) is 5.91 Å². The molecule has 0 radical (unpaired) electrons. The Labute approximate surface area is 113 Å². The molecule has 0 spiro atoms. The normalized spacial score (nSPS) is 15.1. The molecule has 1 heterocycles. The molecule has 0 atom stereocenters. The van der Waals surface area contributed by atoms with Crippen LogP contribution in [-0.2, 0) is 4.79 Å². The van der Waals surface area contributed by atoms with E-state index in [1.165, 1.54) is 0 Å². The minimum Gasteiger partial charge on any atom is -0.482 e. The van der Waals surface area contributed by atoms with E-state index in [1.54, 1.807) is 23.1 Å². The molecule has 0 fully saturated rings. The summed E-state index contributed by atoms with van der Waals surface area (Å²) in [4.78, 5) is 13.8. The van der Waals surface area contributed by atoms with Gasteiger partial charge in [-0.05, 0) is 36.6 Å². The standard InChI is InChI=1S/C14H21N3O2/c1-14(2,5-6-15)9-17-11-7-10(16)3-4-12(11)19-8-13(17)18/h3-4,7H,5-6,8-9,15-16H2,1-2H3. The summed E-state index contributed by atoms with van der Waals surface area (Å²) in [7, 11) is 0. The highest BCUT2D eigenvalue weighted by Gasteiger charge is 2.30. The van der Waals surface area contributed by atoms with Crippen LogP contribution in [0.2, 0.25) is 0 Å². The Kier molecular flexibility index (Phi) is 3.66. The quantitative estimate of drug-likeness (QED) is 0.804. The number of rotatable bonds is 4. The molecule has 1 aliphatic heterocycles. The smallest absolute Gasteiger partial charge is 0.265 e. The average Bonchev–Trinajstić information content (AvgIpc) is 2.33. The molecule has 0 saturated carbocycles. The van der Waals surface area contributed by atoms with Crippen LogP contribution >= 0.6 is 0 Å². The zero-order valence-corrected chi connectivity index (χ0v) is 11.5. The first-order valence-corrected chi connectivity index (χ1v) is 6.46. The van der Waals surface area contributed by atoms with Crippen LogP contribution in [-0.4, -0.2) is 25.6 Å². The first-order chi connectivity index (χ1) is 8.93. The molecular formula is C14H21N3O2. The highest BCUT2D eigenvalue weighted by molar-refractivity contribution is 5.98. The van der Waals surface area contributed by atoms with Crippen molar-refractivity contribution in [2.24, 2.45) is 11.1 Å². The highest BCUT2D eigenvalue weighted by atomic mass is 16.5. The SMILES string of the molecule is CC(C)(CCN)CN1C(=O)COc2ccc(N)cc21. The number of hydrogen-bond acceptors (Lipinski definition) is 4. The van der Waals surface area contributed by atoms with Gasteiger partial charge in [-0.1, -0.05) is 13.8 Å². The van der Waals surface area contributed by atoms with Crippen molar-refractivity contribution in [3.63, 3.8) is 0 Å². The van der Waals surface area contributed by atoms with Gasteiger partial charge in [0.2, 0.25) is 0 Å². The summed E-state index contributed by atoms with van der Waals surface area (Å²) in [5.41, 5.74) is 12.8. The van der Waals surface area contributed by atoms with E-state index in [4.69, 9.17) is 16.2 Å². The number of nitrogen functional groups attached to an aromatic ring is 1. The molecule has 0 saturated heterocycles. The Balaban J connectivity index is 2.30. The fourth-order valence-corrected chi connectivity index (χ4v) is 2.29. The van der Waals surface area contributed by atoms with E-state index in [0.717, 1.165) is 12.1 Å². The molecule has 1 amide bonds. The van der Waals surface area contributed by atoms with E-state index in [0.29, 0.717) is 24.5 Å². The predicted octanol–water partition coefficient (Wildman–Crippen LogP) is 1.37. The molecule has 4 N–H and O–H groups in total. The van der Waals surface area contributed by atoms with Crippen molar-refractivity contribution in [3.8, 4) is 5.75 Å². The maximum Gasteiger partial charge on any atom is 0.265 e. The topological polar surface area (TPSA) is 81.6 Å². The highest BCUT2D eigenvalue weighted by Crippen LogP contribution is 2.36. The van der Waals surface area contributed by atoms with Gasteiger partial charge in [-0.3, -0.25) is 4.79 Å². The van der Waals surface area contributed by atoms with Gasteiger partial charge in [-0.2, -0.15) is 0 Å². The van der Waals surface area contributed by atoms with Crippen molar-refractivity contribution >= 4 is 17.3 Å². The van der Waals surface area contributed by atoms with Crippen LogP contribution in [0.1, 0.15) is 20.3 Å². The van der Waals surface area contributed by atoms with Gasteiger partial charge >= 0.3 is 0 Å². The molecule has 0 aromatic heterocycles. The van der Waals surface area contributed by atoms with Crippen molar-refractivity contribution in [1.29, 1.82) is 0 Å². The van der Waals surface area contributed by atoms with E-state index in [-0.39, 0.29) is 17.9 Å². The fourth-order valence-electron chi connectivity index (χ4n) is 2.29. The van der Waals surface area contributed by atoms with Crippen molar-refractivity contribution in [3.05, 3.63) is 18.2 Å². The van der Waals surface area contributed by atoms with Crippen LogP contribution in [0.5, 0.6) is 5.75 Å². The second-order valence-corrected chi connectivity index (χ2v) is 5.70. The first-order valence-electron chi connectivity index (χ1n) is 6.46. The molecular weight excluding hydrogens is 242 g/mol. The van der Waals surface area contributed by atoms with Gasteiger partial charge in [-0.25, -0.2) is 0 Å². The fraction of sp³-hybridized carbons (Fsp3) is 0.500. The van der Waals surface area contributed by atoms with Crippen LogP contribution < -0.4 is 21.1 Å². The third-order valence-corrected chi connectivity index (χ3v) is 3.33. The summed E-state index contributed by atoms with van der Waals surface area (Å²) in [5.74, 6) is 0.667. The predicted molar refractivity (Wildman–Crippen MR) is 76.2 cm³/mol. The summed E-state index contributed by atoms with van der Waals surface area (Å²) in [6.07, 6.45) is 0.856. The number of fused-ring (bicyclic) bond motifs is 1. The van der Waals surface area contributed by atoms with Gasteiger partial charge < -0.3 is 21.1 Å². The molecule has 0 unspecified atom stereocenters. The van der Waals surface area contributed by atoms with E-state index < -0.39 is 0 Å². The molecule has 104 valence electrons. The number of ether oxygens (including phenoxy) is 1. The summed E-state index contributed by atoms with van der Waals surface area (Å²) in [6, 6.07) is 5.36. The number of nitrogens with two attached hydrogens (primary N) is 2. The summed E-state index contributed by atoms with van der Waals surface area (Å²) >= 11 is 0. The lowest BCUT2D eigenvalue weighted by Gasteiger charge is -2.36.